The minimum atomic E-state index is 0.432. The Labute approximate surface area is 118 Å². The van der Waals surface area contributed by atoms with E-state index in [0.717, 1.165) is 25.8 Å². The van der Waals surface area contributed by atoms with Crippen LogP contribution in [-0.2, 0) is 4.74 Å². The van der Waals surface area contributed by atoms with Crippen LogP contribution in [-0.4, -0.2) is 76.4 Å². The highest BCUT2D eigenvalue weighted by molar-refractivity contribution is 4.91. The molecule has 0 bridgehead atoms. The van der Waals surface area contributed by atoms with Gasteiger partial charge in [0.2, 0.25) is 0 Å². The predicted molar refractivity (Wildman–Crippen MR) is 79.6 cm³/mol. The van der Waals surface area contributed by atoms with Gasteiger partial charge in [0.15, 0.2) is 0 Å². The van der Waals surface area contributed by atoms with Crippen LogP contribution in [0.1, 0.15) is 25.7 Å². The molecule has 0 radical (unpaired) electrons. The van der Waals surface area contributed by atoms with Crippen LogP contribution >= 0.6 is 0 Å². The molecule has 0 spiro atoms. The summed E-state index contributed by atoms with van der Waals surface area (Å²) in [5, 5.41) is 3.42. The van der Waals surface area contributed by atoms with Crippen LogP contribution in [0.3, 0.4) is 0 Å². The van der Waals surface area contributed by atoms with Crippen molar-refractivity contribution in [1.29, 1.82) is 0 Å². The number of hydrogen-bond donors (Lipinski definition) is 1. The van der Waals surface area contributed by atoms with Gasteiger partial charge < -0.3 is 15.0 Å². The van der Waals surface area contributed by atoms with Crippen LogP contribution in [0.15, 0.2) is 0 Å². The fraction of sp³-hybridized carbons (Fsp3) is 1.00. The number of nitrogens with zero attached hydrogens (tertiary/aromatic N) is 2. The Balaban J connectivity index is 1.95. The van der Waals surface area contributed by atoms with Crippen LogP contribution in [0.25, 0.3) is 0 Å². The zero-order valence-electron chi connectivity index (χ0n) is 13.0. The van der Waals surface area contributed by atoms with E-state index in [1.165, 1.54) is 45.3 Å². The van der Waals surface area contributed by atoms with Crippen molar-refractivity contribution in [3.05, 3.63) is 0 Å². The number of nitrogens with one attached hydrogen (secondary N) is 1. The number of likely N-dealkylation sites (tertiary alicyclic amines) is 1. The summed E-state index contributed by atoms with van der Waals surface area (Å²) in [4.78, 5) is 5.07. The summed E-state index contributed by atoms with van der Waals surface area (Å²) in [7, 11) is 6.46. The third-order valence-corrected chi connectivity index (χ3v) is 4.72. The second-order valence-corrected chi connectivity index (χ2v) is 6.67. The first-order valence-corrected chi connectivity index (χ1v) is 7.76. The van der Waals surface area contributed by atoms with E-state index in [1.54, 1.807) is 0 Å². The summed E-state index contributed by atoms with van der Waals surface area (Å²) >= 11 is 0. The van der Waals surface area contributed by atoms with Crippen LogP contribution in [0.5, 0.6) is 0 Å². The maximum Gasteiger partial charge on any atom is 0.0472 e. The zero-order chi connectivity index (χ0) is 13.7. The van der Waals surface area contributed by atoms with Gasteiger partial charge in [0.1, 0.15) is 0 Å². The Kier molecular flexibility index (Phi) is 5.63. The zero-order valence-corrected chi connectivity index (χ0v) is 13.0. The van der Waals surface area contributed by atoms with Gasteiger partial charge in [-0.25, -0.2) is 0 Å². The molecule has 4 heteroatoms. The summed E-state index contributed by atoms with van der Waals surface area (Å²) in [6.45, 7) is 6.73. The fourth-order valence-electron chi connectivity index (χ4n) is 3.73. The molecule has 1 N–H and O–H groups in total. The second-order valence-electron chi connectivity index (χ2n) is 6.67. The maximum atomic E-state index is 5.57. The molecule has 0 aromatic heterocycles. The van der Waals surface area contributed by atoms with Crippen molar-refractivity contribution < 1.29 is 4.74 Å². The summed E-state index contributed by atoms with van der Waals surface area (Å²) in [5.74, 6) is 0. The molecule has 112 valence electrons. The molecule has 0 aromatic rings. The lowest BCUT2D eigenvalue weighted by atomic mass is 9.79. The van der Waals surface area contributed by atoms with Crippen molar-refractivity contribution in [2.75, 3.05) is 60.5 Å². The van der Waals surface area contributed by atoms with Crippen molar-refractivity contribution in [3.8, 4) is 0 Å². The molecule has 0 saturated carbocycles. The standard InChI is InChI=1S/C15H31N3O/c1-16-12-15(6-9-19-10-7-15)13-18-8-4-5-14(18)11-17(2)3/h14,16H,4-13H2,1-3H3. The van der Waals surface area contributed by atoms with Gasteiger partial charge in [0, 0.05) is 38.9 Å². The lowest BCUT2D eigenvalue weighted by molar-refractivity contribution is -0.00691. The molecule has 2 heterocycles. The van der Waals surface area contributed by atoms with Crippen molar-refractivity contribution >= 4 is 0 Å². The molecule has 2 saturated heterocycles. The van der Waals surface area contributed by atoms with Crippen LogP contribution < -0.4 is 5.32 Å². The SMILES string of the molecule is CNCC1(CN2CCCC2CN(C)C)CCOCC1. The predicted octanol–water partition coefficient (Wildman–Crippen LogP) is 1.03. The van der Waals surface area contributed by atoms with Gasteiger partial charge in [-0.2, -0.15) is 0 Å². The molecule has 0 aromatic carbocycles. The fourth-order valence-corrected chi connectivity index (χ4v) is 3.73. The van der Waals surface area contributed by atoms with Gasteiger partial charge in [-0.15, -0.1) is 0 Å². The molecule has 1 unspecified atom stereocenters. The Morgan fingerprint density at radius 2 is 2.05 bits per heavy atom. The first-order valence-electron chi connectivity index (χ1n) is 7.76. The monoisotopic (exact) mass is 269 g/mol. The van der Waals surface area contributed by atoms with E-state index in [0.29, 0.717) is 5.41 Å². The van der Waals surface area contributed by atoms with Gasteiger partial charge >= 0.3 is 0 Å². The maximum absolute atomic E-state index is 5.57. The number of rotatable bonds is 6. The van der Waals surface area contributed by atoms with E-state index >= 15 is 0 Å². The van der Waals surface area contributed by atoms with Crippen LogP contribution in [0.2, 0.25) is 0 Å². The molecular formula is C15H31N3O. The normalized spacial score (nSPS) is 28.1. The van der Waals surface area contributed by atoms with Gasteiger partial charge in [0.25, 0.3) is 0 Å². The highest BCUT2D eigenvalue weighted by Crippen LogP contribution is 2.33. The van der Waals surface area contributed by atoms with Gasteiger partial charge in [-0.1, -0.05) is 0 Å². The van der Waals surface area contributed by atoms with Crippen LogP contribution in [0.4, 0.5) is 0 Å². The molecule has 0 aliphatic carbocycles. The smallest absolute Gasteiger partial charge is 0.0472 e. The summed E-state index contributed by atoms with van der Waals surface area (Å²) in [5.41, 5.74) is 0.432. The van der Waals surface area contributed by atoms with E-state index in [1.807, 2.05) is 0 Å². The van der Waals surface area contributed by atoms with Crippen molar-refractivity contribution in [2.24, 2.45) is 5.41 Å². The van der Waals surface area contributed by atoms with E-state index < -0.39 is 0 Å². The molecule has 4 nitrogen and oxygen atoms in total. The van der Waals surface area contributed by atoms with Crippen molar-refractivity contribution in [2.45, 2.75) is 31.7 Å². The highest BCUT2D eigenvalue weighted by Gasteiger charge is 2.37. The Bertz CT molecular complexity index is 259. The Morgan fingerprint density at radius 1 is 1.32 bits per heavy atom. The first-order chi connectivity index (χ1) is 9.15. The van der Waals surface area contributed by atoms with Crippen molar-refractivity contribution in [1.82, 2.24) is 15.1 Å². The van der Waals surface area contributed by atoms with E-state index in [-0.39, 0.29) is 0 Å². The molecule has 2 fully saturated rings. The molecule has 0 amide bonds. The van der Waals surface area contributed by atoms with Gasteiger partial charge in [-0.05, 0) is 58.8 Å². The summed E-state index contributed by atoms with van der Waals surface area (Å²) < 4.78 is 5.57. The van der Waals surface area contributed by atoms with E-state index in [2.05, 4.69) is 36.3 Å². The minimum absolute atomic E-state index is 0.432. The Morgan fingerprint density at radius 3 is 2.68 bits per heavy atom. The number of likely N-dealkylation sites (N-methyl/N-ethyl adjacent to an activating group) is 1. The lowest BCUT2D eigenvalue weighted by Crippen LogP contribution is -2.49. The third-order valence-electron chi connectivity index (χ3n) is 4.72. The topological polar surface area (TPSA) is 27.7 Å². The molecule has 2 rings (SSSR count). The molecule has 2 aliphatic heterocycles. The van der Waals surface area contributed by atoms with E-state index in [9.17, 15) is 0 Å². The third kappa shape index (κ3) is 4.15. The Hall–Kier alpha value is -0.160. The average molecular weight is 269 g/mol. The highest BCUT2D eigenvalue weighted by atomic mass is 16.5. The molecule has 2 aliphatic rings. The number of ether oxygens (including phenoxy) is 1. The average Bonchev–Trinajstić information content (AvgIpc) is 2.77. The molecular weight excluding hydrogens is 238 g/mol. The summed E-state index contributed by atoms with van der Waals surface area (Å²) in [6.07, 6.45) is 5.15. The van der Waals surface area contributed by atoms with Crippen LogP contribution in [0, 0.1) is 5.41 Å². The summed E-state index contributed by atoms with van der Waals surface area (Å²) in [6, 6.07) is 0.756. The number of hydrogen-bond acceptors (Lipinski definition) is 4. The van der Waals surface area contributed by atoms with Gasteiger partial charge in [-0.3, -0.25) is 4.90 Å². The quantitative estimate of drug-likeness (QED) is 0.779. The largest absolute Gasteiger partial charge is 0.381 e. The van der Waals surface area contributed by atoms with Gasteiger partial charge in [0.05, 0.1) is 0 Å². The first kappa shape index (κ1) is 15.2. The molecule has 1 atom stereocenters. The molecule has 19 heavy (non-hydrogen) atoms. The minimum Gasteiger partial charge on any atom is -0.381 e. The van der Waals surface area contributed by atoms with E-state index in [4.69, 9.17) is 4.74 Å². The van der Waals surface area contributed by atoms with Crippen molar-refractivity contribution in [3.63, 3.8) is 0 Å². The lowest BCUT2D eigenvalue weighted by Gasteiger charge is -2.42. The second kappa shape index (κ2) is 7.02.